The minimum absolute atomic E-state index is 0.0498. The Morgan fingerprint density at radius 3 is 2.29 bits per heavy atom. The molecule has 0 spiro atoms. The predicted octanol–water partition coefficient (Wildman–Crippen LogP) is 3.03. The number of ether oxygens (including phenoxy) is 1. The van der Waals surface area contributed by atoms with Crippen molar-refractivity contribution in [1.29, 1.82) is 0 Å². The van der Waals surface area contributed by atoms with Crippen LogP contribution in [0.5, 0.6) is 11.5 Å². The molecule has 3 aliphatic rings. The highest BCUT2D eigenvalue weighted by atomic mass is 19.4. The van der Waals surface area contributed by atoms with E-state index in [2.05, 4.69) is 15.4 Å². The minimum atomic E-state index is -4.90. The number of nitrogens with two attached hydrogens (primary N) is 1. The number of nitrogens with zero attached hydrogens (tertiary/aromatic N) is 1. The highest BCUT2D eigenvalue weighted by Gasteiger charge is 2.60. The van der Waals surface area contributed by atoms with Crippen LogP contribution in [0.25, 0.3) is 5.76 Å². The number of aliphatic hydroxyl groups excluding tert-OH is 2. The van der Waals surface area contributed by atoms with Crippen LogP contribution in [0.3, 0.4) is 0 Å². The fourth-order valence-corrected chi connectivity index (χ4v) is 6.19. The van der Waals surface area contributed by atoms with E-state index in [1.165, 1.54) is 6.07 Å². The molecule has 3 amide bonds. The number of halogens is 3. The molecular weight excluding hydrogens is 605 g/mol. The molecule has 8 N–H and O–H groups in total. The molecule has 3 atom stereocenters. The number of phenolic OH excluding ortho intramolecular Hbond substituents is 1. The molecule has 0 aliphatic heterocycles. The molecule has 3 aliphatic carbocycles. The maximum atomic E-state index is 13.7. The lowest BCUT2D eigenvalue weighted by atomic mass is 9.59. The average molecular weight is 633 g/mol. The lowest BCUT2D eigenvalue weighted by molar-refractivity contribution is -0.274. The smallest absolute Gasteiger partial charge is 0.508 e. The summed E-state index contributed by atoms with van der Waals surface area (Å²) in [5, 5.41) is 49.6. The number of aromatic hydroxyl groups is 1. The first-order chi connectivity index (χ1) is 20.9. The van der Waals surface area contributed by atoms with Gasteiger partial charge in [-0.3, -0.25) is 14.4 Å². The number of nitrogens with one attached hydrogen (secondary N) is 2. The molecule has 0 aromatic heterocycles. The first-order valence-electron chi connectivity index (χ1n) is 13.4. The van der Waals surface area contributed by atoms with Crippen LogP contribution in [-0.4, -0.2) is 70.0 Å². The third-order valence-electron chi connectivity index (χ3n) is 8.12. The van der Waals surface area contributed by atoms with E-state index in [0.717, 1.165) is 24.3 Å². The van der Waals surface area contributed by atoms with Gasteiger partial charge in [-0.2, -0.15) is 0 Å². The number of fused-ring (bicyclic) bond motifs is 3. The van der Waals surface area contributed by atoms with E-state index < -0.39 is 82.3 Å². The Hall–Kier alpha value is -5.25. The van der Waals surface area contributed by atoms with Crippen molar-refractivity contribution in [2.24, 2.45) is 17.6 Å². The number of ketones is 2. The van der Waals surface area contributed by atoms with E-state index in [9.17, 15) is 52.8 Å². The molecule has 1 saturated carbocycles. The number of hydrogen-bond acceptors (Lipinski definition) is 10. The molecule has 0 unspecified atom stereocenters. The van der Waals surface area contributed by atoms with Crippen LogP contribution in [0, 0.1) is 11.8 Å². The Labute approximate surface area is 252 Å². The van der Waals surface area contributed by atoms with Crippen LogP contribution in [0.2, 0.25) is 0 Å². The SMILES string of the molecule is CN(C)c1cc(NC(=O)Nc2ccc(OC(F)(F)F)cc2)c(O)c2c1C[C@H]1C[C@H]3CC(=O)C(C(N)=O)=C(O)[C@@]3(O)C(=O)C1=C2O. The highest BCUT2D eigenvalue weighted by Crippen LogP contribution is 2.54. The summed E-state index contributed by atoms with van der Waals surface area (Å²) in [5.41, 5.74) is 1.63. The van der Waals surface area contributed by atoms with E-state index >= 15 is 0 Å². The van der Waals surface area contributed by atoms with Gasteiger partial charge in [0.25, 0.3) is 5.91 Å². The Bertz CT molecular complexity index is 1720. The van der Waals surface area contributed by atoms with Gasteiger partial charge in [0.2, 0.25) is 5.78 Å². The Morgan fingerprint density at radius 1 is 1.07 bits per heavy atom. The summed E-state index contributed by atoms with van der Waals surface area (Å²) in [6.07, 6.45) is -5.36. The number of aliphatic hydroxyl groups is 3. The van der Waals surface area contributed by atoms with Crippen LogP contribution in [0.4, 0.5) is 35.0 Å². The lowest BCUT2D eigenvalue weighted by Gasteiger charge is -2.46. The fourth-order valence-electron chi connectivity index (χ4n) is 6.19. The number of rotatable bonds is 5. The zero-order valence-corrected chi connectivity index (χ0v) is 23.7. The molecule has 1 fully saturated rings. The van der Waals surface area contributed by atoms with Crippen molar-refractivity contribution in [3.8, 4) is 11.5 Å². The van der Waals surface area contributed by atoms with E-state index in [4.69, 9.17) is 5.73 Å². The molecular formula is C29H27F3N4O9. The topological polar surface area (TPSA) is 212 Å². The number of Topliss-reactive ketones (excluding diaryl/α,β-unsaturated/α-hetero) is 2. The summed E-state index contributed by atoms with van der Waals surface area (Å²) in [6, 6.07) is 4.73. The number of carbonyl (C=O) groups is 4. The first-order valence-corrected chi connectivity index (χ1v) is 13.4. The summed E-state index contributed by atoms with van der Waals surface area (Å²) in [5.74, 6) is -8.32. The van der Waals surface area contributed by atoms with E-state index in [0.29, 0.717) is 11.3 Å². The number of phenols is 1. The van der Waals surface area contributed by atoms with Crippen LogP contribution in [0.1, 0.15) is 24.0 Å². The second-order valence-corrected chi connectivity index (χ2v) is 11.1. The maximum Gasteiger partial charge on any atom is 0.573 e. The lowest BCUT2D eigenvalue weighted by Crippen LogP contribution is -2.58. The second-order valence-electron chi connectivity index (χ2n) is 11.1. The van der Waals surface area contributed by atoms with Crippen LogP contribution in [0.15, 0.2) is 47.2 Å². The number of anilines is 3. The van der Waals surface area contributed by atoms with Gasteiger partial charge < -0.3 is 46.4 Å². The van der Waals surface area contributed by atoms with Crippen LogP contribution < -0.4 is 26.0 Å². The second kappa shape index (κ2) is 10.7. The zero-order chi connectivity index (χ0) is 33.2. The highest BCUT2D eigenvalue weighted by molar-refractivity contribution is 6.22. The van der Waals surface area contributed by atoms with Crippen molar-refractivity contribution in [3.63, 3.8) is 0 Å². The normalized spacial score (nSPS) is 22.7. The van der Waals surface area contributed by atoms with Crippen molar-refractivity contribution in [2.75, 3.05) is 29.6 Å². The summed E-state index contributed by atoms with van der Waals surface area (Å²) < 4.78 is 41.1. The first kappa shape index (κ1) is 31.2. The molecule has 5 rings (SSSR count). The Kier molecular flexibility index (Phi) is 7.43. The molecule has 0 heterocycles. The van der Waals surface area contributed by atoms with Gasteiger partial charge in [0.05, 0.1) is 11.3 Å². The zero-order valence-electron chi connectivity index (χ0n) is 23.7. The van der Waals surface area contributed by atoms with Gasteiger partial charge in [-0.05, 0) is 54.7 Å². The molecule has 45 heavy (non-hydrogen) atoms. The van der Waals surface area contributed by atoms with E-state index in [1.807, 2.05) is 0 Å². The fraction of sp³-hybridized carbons (Fsp3) is 0.310. The van der Waals surface area contributed by atoms with Gasteiger partial charge in [0.1, 0.15) is 22.8 Å². The van der Waals surface area contributed by atoms with Gasteiger partial charge in [0, 0.05) is 43.4 Å². The molecule has 2 aromatic carbocycles. The van der Waals surface area contributed by atoms with Crippen LogP contribution in [-0.2, 0) is 20.8 Å². The number of urea groups is 1. The minimum Gasteiger partial charge on any atom is -0.508 e. The van der Waals surface area contributed by atoms with Gasteiger partial charge in [-0.15, -0.1) is 13.2 Å². The van der Waals surface area contributed by atoms with Crippen molar-refractivity contribution in [2.45, 2.75) is 31.2 Å². The van der Waals surface area contributed by atoms with E-state index in [-0.39, 0.29) is 35.4 Å². The average Bonchev–Trinajstić information content (AvgIpc) is 2.92. The summed E-state index contributed by atoms with van der Waals surface area (Å²) in [4.78, 5) is 52.5. The van der Waals surface area contributed by atoms with Gasteiger partial charge in [-0.1, -0.05) is 0 Å². The van der Waals surface area contributed by atoms with Crippen molar-refractivity contribution in [3.05, 3.63) is 58.4 Å². The van der Waals surface area contributed by atoms with E-state index in [1.54, 1.807) is 19.0 Å². The number of carbonyl (C=O) groups excluding carboxylic acids is 4. The van der Waals surface area contributed by atoms with Crippen molar-refractivity contribution < 1.29 is 57.5 Å². The number of amides is 3. The number of alkyl halides is 3. The van der Waals surface area contributed by atoms with Gasteiger partial charge in [-0.25, -0.2) is 4.79 Å². The van der Waals surface area contributed by atoms with Crippen LogP contribution >= 0.6 is 0 Å². The summed E-state index contributed by atoms with van der Waals surface area (Å²) >= 11 is 0. The molecule has 0 bridgehead atoms. The quantitative estimate of drug-likeness (QED) is 0.189. The molecule has 238 valence electrons. The Balaban J connectivity index is 1.51. The monoisotopic (exact) mass is 632 g/mol. The third-order valence-corrected chi connectivity index (χ3v) is 8.12. The molecule has 13 nitrogen and oxygen atoms in total. The largest absolute Gasteiger partial charge is 0.573 e. The Morgan fingerprint density at radius 2 is 1.71 bits per heavy atom. The predicted molar refractivity (Wildman–Crippen MR) is 151 cm³/mol. The third kappa shape index (κ3) is 5.26. The van der Waals surface area contributed by atoms with Gasteiger partial charge in [0.15, 0.2) is 17.1 Å². The number of benzene rings is 2. The molecule has 16 heteroatoms. The van der Waals surface area contributed by atoms with Gasteiger partial charge >= 0.3 is 12.4 Å². The number of hydrogen-bond donors (Lipinski definition) is 7. The van der Waals surface area contributed by atoms with Crippen molar-refractivity contribution in [1.82, 2.24) is 0 Å². The molecule has 0 radical (unpaired) electrons. The maximum absolute atomic E-state index is 13.7. The summed E-state index contributed by atoms with van der Waals surface area (Å²) in [6.45, 7) is 0. The standard InChI is InChI=1S/C29H27F3N4O9/c1-36(2)17-10-16(35-27(43)34-13-3-5-14(6-4-13)45-29(30,31)32)22(38)20-15(17)8-11-7-12-9-18(37)21(26(33)42)25(41)28(12,44)24(40)19(11)23(20)39/h3-6,10-12,38-39,41,44H,7-9H2,1-2H3,(H2,33,42)(H2,34,35,43)/t11-,12+,28+/m1/s1. The van der Waals surface area contributed by atoms with Crippen molar-refractivity contribution >= 4 is 46.3 Å². The molecule has 0 saturated heterocycles. The molecule has 2 aromatic rings. The summed E-state index contributed by atoms with van der Waals surface area (Å²) in [7, 11) is 3.30. The number of primary amides is 1.